The van der Waals surface area contributed by atoms with Gasteiger partial charge in [-0.05, 0) is 26.6 Å². The summed E-state index contributed by atoms with van der Waals surface area (Å²) in [6.45, 7) is 9.80. The van der Waals surface area contributed by atoms with E-state index in [1.165, 1.54) is 5.69 Å². The van der Waals surface area contributed by atoms with E-state index in [9.17, 15) is 0 Å². The number of rotatable bonds is 6. The van der Waals surface area contributed by atoms with Crippen molar-refractivity contribution in [3.63, 3.8) is 0 Å². The molecule has 1 unspecified atom stereocenters. The zero-order valence-electron chi connectivity index (χ0n) is 13.3. The van der Waals surface area contributed by atoms with Crippen LogP contribution in [0.2, 0.25) is 0 Å². The van der Waals surface area contributed by atoms with Crippen molar-refractivity contribution in [1.82, 2.24) is 25.1 Å². The summed E-state index contributed by atoms with van der Waals surface area (Å²) >= 11 is 0. The van der Waals surface area contributed by atoms with Gasteiger partial charge in [0.2, 0.25) is 0 Å². The fourth-order valence-electron chi connectivity index (χ4n) is 2.64. The first-order chi connectivity index (χ1) is 9.54. The molecule has 0 saturated carbocycles. The molecule has 0 amide bonds. The molecule has 5 heteroatoms. The maximum atomic E-state index is 4.53. The Bertz CT molecular complexity index is 401. The predicted octanol–water partition coefficient (Wildman–Crippen LogP) is 0.944. The van der Waals surface area contributed by atoms with Gasteiger partial charge in [0.15, 0.2) is 0 Å². The first-order valence-corrected chi connectivity index (χ1v) is 7.67. The van der Waals surface area contributed by atoms with Crippen LogP contribution in [0.3, 0.4) is 0 Å². The number of piperazine rings is 1. The zero-order valence-corrected chi connectivity index (χ0v) is 13.3. The monoisotopic (exact) mass is 279 g/mol. The average Bonchev–Trinajstić information content (AvgIpc) is 2.81. The van der Waals surface area contributed by atoms with Crippen molar-refractivity contribution in [1.29, 1.82) is 0 Å². The Labute approximate surface area is 122 Å². The fourth-order valence-corrected chi connectivity index (χ4v) is 2.64. The van der Waals surface area contributed by atoms with Crippen LogP contribution in [-0.4, -0.2) is 66.1 Å². The average molecular weight is 279 g/mol. The molecule has 1 atom stereocenters. The number of H-pyrrole nitrogens is 1. The number of imidazole rings is 1. The molecule has 2 heterocycles. The van der Waals surface area contributed by atoms with Crippen LogP contribution in [0.25, 0.3) is 0 Å². The normalized spacial score (nSPS) is 21.8. The Morgan fingerprint density at radius 2 is 2.20 bits per heavy atom. The van der Waals surface area contributed by atoms with Gasteiger partial charge in [-0.25, -0.2) is 4.98 Å². The lowest BCUT2D eigenvalue weighted by molar-refractivity contribution is 0.113. The van der Waals surface area contributed by atoms with Crippen molar-refractivity contribution in [3.8, 4) is 0 Å². The minimum atomic E-state index is 0.566. The van der Waals surface area contributed by atoms with E-state index in [4.69, 9.17) is 0 Å². The molecular weight excluding hydrogens is 250 g/mol. The van der Waals surface area contributed by atoms with Gasteiger partial charge >= 0.3 is 0 Å². The molecule has 1 saturated heterocycles. The molecule has 1 aromatic heterocycles. The van der Waals surface area contributed by atoms with E-state index in [1.807, 2.05) is 6.20 Å². The van der Waals surface area contributed by atoms with Gasteiger partial charge < -0.3 is 20.1 Å². The molecule has 5 nitrogen and oxygen atoms in total. The molecule has 1 aliphatic rings. The minimum Gasteiger partial charge on any atom is -0.345 e. The topological polar surface area (TPSA) is 47.2 Å². The summed E-state index contributed by atoms with van der Waals surface area (Å²) in [4.78, 5) is 12.8. The van der Waals surface area contributed by atoms with Crippen LogP contribution in [0.1, 0.15) is 25.4 Å². The summed E-state index contributed by atoms with van der Waals surface area (Å²) < 4.78 is 0. The Morgan fingerprint density at radius 1 is 1.40 bits per heavy atom. The van der Waals surface area contributed by atoms with Crippen LogP contribution in [0, 0.1) is 5.92 Å². The van der Waals surface area contributed by atoms with Crippen molar-refractivity contribution >= 4 is 0 Å². The second-order valence-corrected chi connectivity index (χ2v) is 6.48. The minimum absolute atomic E-state index is 0.566. The highest BCUT2D eigenvalue weighted by Crippen LogP contribution is 2.11. The fraction of sp³-hybridized carbons (Fsp3) is 0.800. The molecule has 114 valence electrons. The van der Waals surface area contributed by atoms with Gasteiger partial charge in [0.05, 0.1) is 0 Å². The molecule has 0 bridgehead atoms. The third-order valence-electron chi connectivity index (χ3n) is 3.96. The molecule has 0 radical (unpaired) electrons. The lowest BCUT2D eigenvalue weighted by Gasteiger charge is -2.37. The molecule has 1 aromatic rings. The van der Waals surface area contributed by atoms with E-state index >= 15 is 0 Å². The van der Waals surface area contributed by atoms with Crippen molar-refractivity contribution in [3.05, 3.63) is 17.7 Å². The molecule has 2 N–H and O–H groups in total. The molecule has 0 spiro atoms. The number of likely N-dealkylation sites (N-methyl/N-ethyl adjacent to an activating group) is 2. The Balaban J connectivity index is 1.82. The highest BCUT2D eigenvalue weighted by Gasteiger charge is 2.23. The van der Waals surface area contributed by atoms with Crippen LogP contribution < -0.4 is 5.32 Å². The maximum absolute atomic E-state index is 4.53. The van der Waals surface area contributed by atoms with E-state index in [1.54, 1.807) is 0 Å². The van der Waals surface area contributed by atoms with Gasteiger partial charge in [0.25, 0.3) is 0 Å². The molecular formula is C15H29N5. The smallest absolute Gasteiger partial charge is 0.107 e. The summed E-state index contributed by atoms with van der Waals surface area (Å²) in [5.74, 6) is 1.79. The number of nitrogens with zero attached hydrogens (tertiary/aromatic N) is 3. The SMILES string of the molecule is CC(C)CNCc1cnc(CC2CN(C)CCN2C)[nH]1. The van der Waals surface area contributed by atoms with Crippen LogP contribution >= 0.6 is 0 Å². The summed E-state index contributed by atoms with van der Waals surface area (Å²) in [5.41, 5.74) is 1.19. The van der Waals surface area contributed by atoms with E-state index in [2.05, 4.69) is 53.0 Å². The number of hydrogen-bond donors (Lipinski definition) is 2. The second kappa shape index (κ2) is 7.20. The lowest BCUT2D eigenvalue weighted by Crippen LogP contribution is -2.50. The Hall–Kier alpha value is -0.910. The van der Waals surface area contributed by atoms with Crippen molar-refractivity contribution in [2.45, 2.75) is 32.9 Å². The van der Waals surface area contributed by atoms with Crippen molar-refractivity contribution < 1.29 is 0 Å². The van der Waals surface area contributed by atoms with Gasteiger partial charge in [-0.2, -0.15) is 0 Å². The van der Waals surface area contributed by atoms with E-state index in [0.717, 1.165) is 45.0 Å². The van der Waals surface area contributed by atoms with Crippen molar-refractivity contribution in [2.24, 2.45) is 5.92 Å². The van der Waals surface area contributed by atoms with Crippen LogP contribution in [0.4, 0.5) is 0 Å². The number of aromatic nitrogens is 2. The molecule has 1 aliphatic heterocycles. The van der Waals surface area contributed by atoms with Gasteiger partial charge in [0.1, 0.15) is 5.82 Å². The molecule has 0 aromatic carbocycles. The summed E-state index contributed by atoms with van der Waals surface area (Å²) in [6, 6.07) is 0.566. The Kier molecular flexibility index (Phi) is 5.57. The van der Waals surface area contributed by atoms with Crippen molar-refractivity contribution in [2.75, 3.05) is 40.3 Å². The quantitative estimate of drug-likeness (QED) is 0.814. The number of nitrogens with one attached hydrogen (secondary N) is 2. The highest BCUT2D eigenvalue weighted by atomic mass is 15.3. The third-order valence-corrected chi connectivity index (χ3v) is 3.96. The maximum Gasteiger partial charge on any atom is 0.107 e. The first kappa shape index (κ1) is 15.5. The van der Waals surface area contributed by atoms with E-state index < -0.39 is 0 Å². The molecule has 20 heavy (non-hydrogen) atoms. The van der Waals surface area contributed by atoms with Gasteiger partial charge in [0, 0.05) is 50.5 Å². The lowest BCUT2D eigenvalue weighted by atomic mass is 10.1. The van der Waals surface area contributed by atoms with Gasteiger partial charge in [-0.1, -0.05) is 13.8 Å². The number of aromatic amines is 1. The number of hydrogen-bond acceptors (Lipinski definition) is 4. The Morgan fingerprint density at radius 3 is 2.95 bits per heavy atom. The van der Waals surface area contributed by atoms with Crippen LogP contribution in [0.15, 0.2) is 6.20 Å². The summed E-state index contributed by atoms with van der Waals surface area (Å²) in [7, 11) is 4.41. The first-order valence-electron chi connectivity index (χ1n) is 7.67. The zero-order chi connectivity index (χ0) is 14.5. The molecule has 1 fully saturated rings. The van der Waals surface area contributed by atoms with Crippen LogP contribution in [0.5, 0.6) is 0 Å². The van der Waals surface area contributed by atoms with E-state index in [-0.39, 0.29) is 0 Å². The van der Waals surface area contributed by atoms with Gasteiger partial charge in [-0.15, -0.1) is 0 Å². The predicted molar refractivity (Wildman–Crippen MR) is 82.8 cm³/mol. The molecule has 0 aliphatic carbocycles. The van der Waals surface area contributed by atoms with E-state index in [0.29, 0.717) is 12.0 Å². The second-order valence-electron chi connectivity index (χ2n) is 6.48. The summed E-state index contributed by atoms with van der Waals surface area (Å²) in [6.07, 6.45) is 2.97. The standard InChI is InChI=1S/C15H29N5/c1-12(2)8-16-9-13-10-17-15(18-13)7-14-11-19(3)5-6-20(14)4/h10,12,14,16H,5-9,11H2,1-4H3,(H,17,18). The van der Waals surface area contributed by atoms with Crippen LogP contribution in [-0.2, 0) is 13.0 Å². The highest BCUT2D eigenvalue weighted by molar-refractivity contribution is 5.03. The molecule has 2 rings (SSSR count). The third kappa shape index (κ3) is 4.58. The summed E-state index contributed by atoms with van der Waals surface area (Å²) in [5, 5.41) is 3.44. The van der Waals surface area contributed by atoms with Gasteiger partial charge in [-0.3, -0.25) is 0 Å². The largest absolute Gasteiger partial charge is 0.345 e.